The van der Waals surface area contributed by atoms with E-state index >= 15 is 0 Å². The highest BCUT2D eigenvalue weighted by Gasteiger charge is 2.20. The fourth-order valence-corrected chi connectivity index (χ4v) is 4.41. The van der Waals surface area contributed by atoms with Gasteiger partial charge in [0.2, 0.25) is 0 Å². The molecule has 0 radical (unpaired) electrons. The van der Waals surface area contributed by atoms with Gasteiger partial charge in [-0.1, -0.05) is 17.7 Å². The molecule has 0 amide bonds. The number of hydrogen-bond donors (Lipinski definition) is 1. The summed E-state index contributed by atoms with van der Waals surface area (Å²) in [6.45, 7) is 7.48. The molecule has 0 saturated carbocycles. The van der Waals surface area contributed by atoms with Gasteiger partial charge in [0, 0.05) is 54.9 Å². The lowest BCUT2D eigenvalue weighted by molar-refractivity contribution is 0.243. The van der Waals surface area contributed by atoms with Crippen LogP contribution in [0.2, 0.25) is 5.02 Å². The second kappa shape index (κ2) is 9.34. The van der Waals surface area contributed by atoms with Gasteiger partial charge in [-0.2, -0.15) is 5.10 Å². The lowest BCUT2D eigenvalue weighted by Crippen LogP contribution is -2.47. The summed E-state index contributed by atoms with van der Waals surface area (Å²) in [7, 11) is 3.23. The smallest absolute Gasteiger partial charge is 0.162 e. The summed E-state index contributed by atoms with van der Waals surface area (Å²) < 4.78 is 12.8. The molecule has 1 aliphatic rings. The van der Waals surface area contributed by atoms with Crippen LogP contribution < -0.4 is 14.4 Å². The van der Waals surface area contributed by atoms with E-state index in [9.17, 15) is 5.11 Å². The topological polar surface area (TPSA) is 63.0 Å². The van der Waals surface area contributed by atoms with Crippen LogP contribution in [0.25, 0.3) is 10.9 Å². The molecule has 0 aliphatic carbocycles. The summed E-state index contributed by atoms with van der Waals surface area (Å²) in [4.78, 5) is 4.85. The van der Waals surface area contributed by atoms with Crippen molar-refractivity contribution in [2.45, 2.75) is 20.1 Å². The van der Waals surface area contributed by atoms with E-state index in [0.717, 1.165) is 60.8 Å². The van der Waals surface area contributed by atoms with E-state index in [4.69, 9.17) is 21.1 Å². The molecule has 166 valence electrons. The van der Waals surface area contributed by atoms with E-state index in [2.05, 4.69) is 27.9 Å². The number of halogens is 1. The molecule has 0 bridgehead atoms. The Morgan fingerprint density at radius 3 is 2.42 bits per heavy atom. The highest BCUT2D eigenvalue weighted by Crippen LogP contribution is 2.34. The summed E-state index contributed by atoms with van der Waals surface area (Å²) in [6.07, 6.45) is 0. The van der Waals surface area contributed by atoms with Crippen LogP contribution in [0.1, 0.15) is 11.3 Å². The number of nitrogens with zero attached hydrogens (tertiary/aromatic N) is 4. The van der Waals surface area contributed by atoms with E-state index in [1.165, 1.54) is 5.69 Å². The van der Waals surface area contributed by atoms with Crippen molar-refractivity contribution in [1.29, 1.82) is 0 Å². The van der Waals surface area contributed by atoms with Gasteiger partial charge in [0.1, 0.15) is 0 Å². The van der Waals surface area contributed by atoms with Crippen LogP contribution in [0.4, 0.5) is 5.69 Å². The van der Waals surface area contributed by atoms with Crippen LogP contribution in [0, 0.1) is 6.92 Å². The third-order valence-corrected chi connectivity index (χ3v) is 6.47. The van der Waals surface area contributed by atoms with Gasteiger partial charge >= 0.3 is 0 Å². The van der Waals surface area contributed by atoms with Crippen LogP contribution in [0.3, 0.4) is 0 Å². The second-order valence-corrected chi connectivity index (χ2v) is 8.17. The molecule has 4 rings (SSSR count). The van der Waals surface area contributed by atoms with E-state index in [0.29, 0.717) is 17.2 Å². The summed E-state index contributed by atoms with van der Waals surface area (Å²) in [6, 6.07) is 9.92. The highest BCUT2D eigenvalue weighted by atomic mass is 35.5. The van der Waals surface area contributed by atoms with Crippen LogP contribution in [-0.4, -0.2) is 66.7 Å². The zero-order chi connectivity index (χ0) is 22.0. The SMILES string of the molecule is COc1cc2c(CO)nn(CCN3CCN(c4cccc(Cl)c4C)CC3)c2cc1OC. The molecule has 31 heavy (non-hydrogen) atoms. The number of methoxy groups -OCH3 is 2. The maximum Gasteiger partial charge on any atom is 0.162 e. The molecule has 1 aromatic heterocycles. The Labute approximate surface area is 187 Å². The van der Waals surface area contributed by atoms with Gasteiger partial charge in [0.05, 0.1) is 38.6 Å². The van der Waals surface area contributed by atoms with E-state index in [1.54, 1.807) is 14.2 Å². The first-order chi connectivity index (χ1) is 15.0. The number of anilines is 1. The minimum atomic E-state index is -0.114. The predicted octanol–water partition coefficient (Wildman–Crippen LogP) is 3.33. The number of aliphatic hydroxyl groups excluding tert-OH is 1. The molecular formula is C23H29ClN4O3. The molecule has 1 N–H and O–H groups in total. The third kappa shape index (κ3) is 4.31. The molecule has 2 heterocycles. The van der Waals surface area contributed by atoms with Gasteiger partial charge < -0.3 is 19.5 Å². The number of aliphatic hydroxyl groups is 1. The number of ether oxygens (including phenoxy) is 2. The van der Waals surface area contributed by atoms with E-state index in [1.807, 2.05) is 28.9 Å². The minimum Gasteiger partial charge on any atom is -0.493 e. The Kier molecular flexibility index (Phi) is 6.55. The molecule has 1 aliphatic heterocycles. The molecule has 1 saturated heterocycles. The fraction of sp³-hybridized carbons (Fsp3) is 0.435. The number of hydrogen-bond acceptors (Lipinski definition) is 6. The summed E-state index contributed by atoms with van der Waals surface area (Å²) in [5, 5.41) is 16.1. The van der Waals surface area contributed by atoms with Crippen molar-refractivity contribution in [2.75, 3.05) is 51.8 Å². The number of rotatable bonds is 7. The van der Waals surface area contributed by atoms with Crippen molar-refractivity contribution < 1.29 is 14.6 Å². The maximum atomic E-state index is 9.76. The van der Waals surface area contributed by atoms with Crippen molar-refractivity contribution in [3.05, 3.63) is 46.6 Å². The summed E-state index contributed by atoms with van der Waals surface area (Å²) in [5.74, 6) is 1.29. The molecule has 0 unspecified atom stereocenters. The average Bonchev–Trinajstić information content (AvgIpc) is 3.15. The molecular weight excluding hydrogens is 416 g/mol. The van der Waals surface area contributed by atoms with Crippen LogP contribution in [0.5, 0.6) is 11.5 Å². The third-order valence-electron chi connectivity index (χ3n) is 6.06. The fourth-order valence-electron chi connectivity index (χ4n) is 4.24. The Hall–Kier alpha value is -2.48. The molecule has 0 spiro atoms. The van der Waals surface area contributed by atoms with Gasteiger partial charge in [0.25, 0.3) is 0 Å². The Bertz CT molecular complexity index is 1060. The van der Waals surface area contributed by atoms with Crippen molar-refractivity contribution >= 4 is 28.2 Å². The Morgan fingerprint density at radius 1 is 1.03 bits per heavy atom. The van der Waals surface area contributed by atoms with Gasteiger partial charge in [-0.25, -0.2) is 0 Å². The molecule has 1 fully saturated rings. The van der Waals surface area contributed by atoms with Gasteiger partial charge in [-0.05, 0) is 30.7 Å². The largest absolute Gasteiger partial charge is 0.493 e. The van der Waals surface area contributed by atoms with Crippen LogP contribution in [0.15, 0.2) is 30.3 Å². The van der Waals surface area contributed by atoms with Crippen molar-refractivity contribution in [1.82, 2.24) is 14.7 Å². The highest BCUT2D eigenvalue weighted by molar-refractivity contribution is 6.31. The van der Waals surface area contributed by atoms with Crippen molar-refractivity contribution in [2.24, 2.45) is 0 Å². The van der Waals surface area contributed by atoms with Crippen LogP contribution >= 0.6 is 11.6 Å². The van der Waals surface area contributed by atoms with E-state index in [-0.39, 0.29) is 6.61 Å². The average molecular weight is 445 g/mol. The zero-order valence-electron chi connectivity index (χ0n) is 18.3. The first kappa shape index (κ1) is 21.7. The number of benzene rings is 2. The quantitative estimate of drug-likeness (QED) is 0.603. The number of aromatic nitrogens is 2. The zero-order valence-corrected chi connectivity index (χ0v) is 19.0. The molecule has 0 atom stereocenters. The molecule has 7 nitrogen and oxygen atoms in total. The molecule has 8 heteroatoms. The first-order valence-electron chi connectivity index (χ1n) is 10.5. The van der Waals surface area contributed by atoms with Crippen LogP contribution in [-0.2, 0) is 13.2 Å². The molecule has 3 aromatic rings. The van der Waals surface area contributed by atoms with Crippen molar-refractivity contribution in [3.8, 4) is 11.5 Å². The van der Waals surface area contributed by atoms with E-state index < -0.39 is 0 Å². The van der Waals surface area contributed by atoms with Gasteiger partial charge in [-0.15, -0.1) is 0 Å². The lowest BCUT2D eigenvalue weighted by atomic mass is 10.1. The minimum absolute atomic E-state index is 0.114. The monoisotopic (exact) mass is 444 g/mol. The Balaban J connectivity index is 1.45. The maximum absolute atomic E-state index is 9.76. The number of fused-ring (bicyclic) bond motifs is 1. The standard InChI is InChI=1S/C23H29ClN4O3/c1-16-18(24)5-4-6-20(16)27-10-7-26(8-11-27)9-12-28-21-14-23(31-3)22(30-2)13-17(21)19(15-29)25-28/h4-6,13-14,29H,7-12,15H2,1-3H3. The molecule has 2 aromatic carbocycles. The normalized spacial score (nSPS) is 14.9. The predicted molar refractivity (Wildman–Crippen MR) is 124 cm³/mol. The summed E-state index contributed by atoms with van der Waals surface area (Å²) >= 11 is 6.30. The summed E-state index contributed by atoms with van der Waals surface area (Å²) in [5.41, 5.74) is 3.95. The lowest BCUT2D eigenvalue weighted by Gasteiger charge is -2.37. The second-order valence-electron chi connectivity index (χ2n) is 7.76. The van der Waals surface area contributed by atoms with Crippen molar-refractivity contribution in [3.63, 3.8) is 0 Å². The van der Waals surface area contributed by atoms with Gasteiger partial charge in [-0.3, -0.25) is 9.58 Å². The first-order valence-corrected chi connectivity index (χ1v) is 10.9. The Morgan fingerprint density at radius 2 is 1.74 bits per heavy atom. The van der Waals surface area contributed by atoms with Gasteiger partial charge in [0.15, 0.2) is 11.5 Å². The number of piperazine rings is 1.